The van der Waals surface area contributed by atoms with Crippen LogP contribution in [0.15, 0.2) is 18.2 Å². The molecule has 1 aromatic carbocycles. The van der Waals surface area contributed by atoms with Crippen molar-refractivity contribution in [2.45, 2.75) is 31.2 Å². The Hall–Kier alpha value is -1.49. The van der Waals surface area contributed by atoms with Crippen LogP contribution in [0.1, 0.15) is 36.0 Å². The van der Waals surface area contributed by atoms with Crippen molar-refractivity contribution in [3.63, 3.8) is 0 Å². The number of hydrogen-bond acceptors (Lipinski definition) is 2. The van der Waals surface area contributed by atoms with E-state index < -0.39 is 23.1 Å². The van der Waals surface area contributed by atoms with Gasteiger partial charge in [0.05, 0.1) is 5.54 Å². The Bertz CT molecular complexity index is 436. The van der Waals surface area contributed by atoms with Gasteiger partial charge in [-0.2, -0.15) is 0 Å². The van der Waals surface area contributed by atoms with Crippen LogP contribution in [0.2, 0.25) is 0 Å². The monoisotopic (exact) mass is 254 g/mol. The SMILES string of the molecule is NCC1(NC(=O)c2cc(F)cc(F)c2)CCCC1. The summed E-state index contributed by atoms with van der Waals surface area (Å²) in [6, 6.07) is 2.79. The molecule has 98 valence electrons. The topological polar surface area (TPSA) is 55.1 Å². The fourth-order valence-electron chi connectivity index (χ4n) is 2.43. The highest BCUT2D eigenvalue weighted by molar-refractivity contribution is 5.94. The van der Waals surface area contributed by atoms with E-state index in [1.807, 2.05) is 0 Å². The molecule has 0 saturated heterocycles. The largest absolute Gasteiger partial charge is 0.345 e. The first-order chi connectivity index (χ1) is 8.54. The summed E-state index contributed by atoms with van der Waals surface area (Å²) >= 11 is 0. The van der Waals surface area contributed by atoms with Crippen molar-refractivity contribution in [2.75, 3.05) is 6.54 Å². The second-order valence-electron chi connectivity index (χ2n) is 4.80. The van der Waals surface area contributed by atoms with Gasteiger partial charge in [0.1, 0.15) is 11.6 Å². The van der Waals surface area contributed by atoms with Gasteiger partial charge in [0.25, 0.3) is 5.91 Å². The number of benzene rings is 1. The first kappa shape index (κ1) is 13.0. The summed E-state index contributed by atoms with van der Waals surface area (Å²) in [5.41, 5.74) is 5.27. The molecule has 5 heteroatoms. The third-order valence-electron chi connectivity index (χ3n) is 3.45. The lowest BCUT2D eigenvalue weighted by molar-refractivity contribution is 0.0902. The molecule has 0 spiro atoms. The molecular formula is C13H16F2N2O. The van der Waals surface area contributed by atoms with Gasteiger partial charge in [-0.1, -0.05) is 12.8 Å². The minimum atomic E-state index is -0.756. The summed E-state index contributed by atoms with van der Waals surface area (Å²) in [5, 5.41) is 2.82. The van der Waals surface area contributed by atoms with Crippen molar-refractivity contribution >= 4 is 5.91 Å². The lowest BCUT2D eigenvalue weighted by atomic mass is 9.97. The molecule has 3 nitrogen and oxygen atoms in total. The van der Waals surface area contributed by atoms with E-state index in [0.29, 0.717) is 6.54 Å². The van der Waals surface area contributed by atoms with Crippen LogP contribution < -0.4 is 11.1 Å². The van der Waals surface area contributed by atoms with Crippen molar-refractivity contribution in [1.82, 2.24) is 5.32 Å². The molecule has 1 saturated carbocycles. The molecule has 1 fully saturated rings. The fraction of sp³-hybridized carbons (Fsp3) is 0.462. The van der Waals surface area contributed by atoms with Crippen molar-refractivity contribution < 1.29 is 13.6 Å². The first-order valence-corrected chi connectivity index (χ1v) is 6.03. The van der Waals surface area contributed by atoms with Crippen LogP contribution in [0.25, 0.3) is 0 Å². The summed E-state index contributed by atoms with van der Waals surface area (Å²) < 4.78 is 26.1. The summed E-state index contributed by atoms with van der Waals surface area (Å²) in [4.78, 5) is 12.0. The molecule has 1 amide bonds. The second kappa shape index (κ2) is 5.02. The summed E-state index contributed by atoms with van der Waals surface area (Å²) in [6.45, 7) is 0.344. The van der Waals surface area contributed by atoms with Crippen molar-refractivity contribution in [3.05, 3.63) is 35.4 Å². The van der Waals surface area contributed by atoms with Crippen LogP contribution in [0.3, 0.4) is 0 Å². The van der Waals surface area contributed by atoms with Gasteiger partial charge in [-0.3, -0.25) is 4.79 Å². The number of rotatable bonds is 3. The van der Waals surface area contributed by atoms with E-state index in [-0.39, 0.29) is 5.56 Å². The first-order valence-electron chi connectivity index (χ1n) is 6.03. The van der Waals surface area contributed by atoms with E-state index in [0.717, 1.165) is 43.9 Å². The van der Waals surface area contributed by atoms with Gasteiger partial charge >= 0.3 is 0 Å². The number of hydrogen-bond donors (Lipinski definition) is 2. The second-order valence-corrected chi connectivity index (χ2v) is 4.80. The maximum atomic E-state index is 13.0. The van der Waals surface area contributed by atoms with Crippen LogP contribution in [0.5, 0.6) is 0 Å². The van der Waals surface area contributed by atoms with Crippen LogP contribution >= 0.6 is 0 Å². The van der Waals surface area contributed by atoms with E-state index >= 15 is 0 Å². The van der Waals surface area contributed by atoms with Crippen molar-refractivity contribution in [1.29, 1.82) is 0 Å². The van der Waals surface area contributed by atoms with Gasteiger partial charge in [0.15, 0.2) is 0 Å². The Morgan fingerprint density at radius 1 is 1.22 bits per heavy atom. The molecule has 1 aliphatic rings. The molecule has 3 N–H and O–H groups in total. The van der Waals surface area contributed by atoms with Crippen LogP contribution in [-0.4, -0.2) is 18.0 Å². The molecule has 1 aromatic rings. The minimum Gasteiger partial charge on any atom is -0.345 e. The van der Waals surface area contributed by atoms with E-state index in [1.54, 1.807) is 0 Å². The lowest BCUT2D eigenvalue weighted by Crippen LogP contribution is -2.51. The molecule has 1 aliphatic carbocycles. The number of carbonyl (C=O) groups is 1. The van der Waals surface area contributed by atoms with Gasteiger partial charge in [0.2, 0.25) is 0 Å². The third-order valence-corrected chi connectivity index (χ3v) is 3.45. The van der Waals surface area contributed by atoms with Crippen molar-refractivity contribution in [3.8, 4) is 0 Å². The van der Waals surface area contributed by atoms with E-state index in [1.165, 1.54) is 0 Å². The predicted octanol–water partition coefficient (Wildman–Crippen LogP) is 1.97. The average Bonchev–Trinajstić information content (AvgIpc) is 2.77. The van der Waals surface area contributed by atoms with Crippen LogP contribution in [0.4, 0.5) is 8.78 Å². The normalized spacial score (nSPS) is 17.7. The van der Waals surface area contributed by atoms with Crippen LogP contribution in [-0.2, 0) is 0 Å². The van der Waals surface area contributed by atoms with Gasteiger partial charge < -0.3 is 11.1 Å². The predicted molar refractivity (Wildman–Crippen MR) is 64.1 cm³/mol. The molecular weight excluding hydrogens is 238 g/mol. The van der Waals surface area contributed by atoms with Crippen molar-refractivity contribution in [2.24, 2.45) is 5.73 Å². The molecule has 0 radical (unpaired) electrons. The Morgan fingerprint density at radius 3 is 2.28 bits per heavy atom. The molecule has 2 rings (SSSR count). The highest BCUT2D eigenvalue weighted by atomic mass is 19.1. The van der Waals surface area contributed by atoms with Gasteiger partial charge in [-0.25, -0.2) is 8.78 Å². The maximum Gasteiger partial charge on any atom is 0.251 e. The molecule has 0 aliphatic heterocycles. The average molecular weight is 254 g/mol. The molecule has 0 heterocycles. The number of nitrogens with two attached hydrogens (primary N) is 1. The minimum absolute atomic E-state index is 0.00720. The molecule has 0 bridgehead atoms. The Labute approximate surface area is 104 Å². The zero-order valence-corrected chi connectivity index (χ0v) is 10.0. The highest BCUT2D eigenvalue weighted by Crippen LogP contribution is 2.29. The van der Waals surface area contributed by atoms with Gasteiger partial charge in [0, 0.05) is 18.2 Å². The quantitative estimate of drug-likeness (QED) is 0.866. The molecule has 18 heavy (non-hydrogen) atoms. The summed E-state index contributed by atoms with van der Waals surface area (Å²) in [7, 11) is 0. The number of amides is 1. The highest BCUT2D eigenvalue weighted by Gasteiger charge is 2.34. The van der Waals surface area contributed by atoms with Gasteiger partial charge in [-0.05, 0) is 25.0 Å². The number of halogens is 2. The third kappa shape index (κ3) is 2.67. The standard InChI is InChI=1S/C13H16F2N2O/c14-10-5-9(6-11(15)7-10)12(18)17-13(8-16)3-1-2-4-13/h5-7H,1-4,8,16H2,(H,17,18). The summed E-state index contributed by atoms with van der Waals surface area (Å²) in [5.74, 6) is -1.98. The Morgan fingerprint density at radius 2 is 1.78 bits per heavy atom. The molecule has 0 aromatic heterocycles. The van der Waals surface area contributed by atoms with E-state index in [9.17, 15) is 13.6 Å². The zero-order chi connectivity index (χ0) is 13.2. The maximum absolute atomic E-state index is 13.0. The van der Waals surface area contributed by atoms with E-state index in [2.05, 4.69) is 5.32 Å². The van der Waals surface area contributed by atoms with Gasteiger partial charge in [-0.15, -0.1) is 0 Å². The Balaban J connectivity index is 2.16. The lowest BCUT2D eigenvalue weighted by Gasteiger charge is -2.28. The zero-order valence-electron chi connectivity index (χ0n) is 10.0. The summed E-state index contributed by atoms with van der Waals surface area (Å²) in [6.07, 6.45) is 3.64. The molecule has 0 unspecified atom stereocenters. The Kier molecular flexibility index (Phi) is 3.61. The smallest absolute Gasteiger partial charge is 0.251 e. The van der Waals surface area contributed by atoms with E-state index in [4.69, 9.17) is 5.73 Å². The number of carbonyl (C=O) groups excluding carboxylic acids is 1. The number of nitrogens with one attached hydrogen (secondary N) is 1. The molecule has 0 atom stereocenters. The fourth-order valence-corrected chi connectivity index (χ4v) is 2.43. The van der Waals surface area contributed by atoms with Crippen LogP contribution in [0, 0.1) is 11.6 Å².